The van der Waals surface area contributed by atoms with E-state index in [1.54, 1.807) is 26.4 Å². The molecule has 1 fully saturated rings. The van der Waals surface area contributed by atoms with Gasteiger partial charge >= 0.3 is 0 Å². The number of rotatable bonds is 6. The molecule has 1 N–H and O–H groups in total. The number of likely N-dealkylation sites (tertiary alicyclic amines) is 1. The maximum atomic E-state index is 13.6. The Labute approximate surface area is 184 Å². The Balaban J connectivity index is 1.75. The molecule has 1 atom stereocenters. The molecule has 8 nitrogen and oxygen atoms in total. The lowest BCUT2D eigenvalue weighted by atomic mass is 9.95. The van der Waals surface area contributed by atoms with Crippen LogP contribution in [0.3, 0.4) is 0 Å². The number of imidazole rings is 1. The monoisotopic (exact) mass is 435 g/mol. The number of aryl methyl sites for hydroxylation is 3. The highest BCUT2D eigenvalue weighted by Gasteiger charge is 2.46. The molecule has 164 valence electrons. The lowest BCUT2D eigenvalue weighted by Crippen LogP contribution is -2.31. The molecule has 9 heteroatoms. The summed E-state index contributed by atoms with van der Waals surface area (Å²) in [5, 5.41) is 11.1. The summed E-state index contributed by atoms with van der Waals surface area (Å²) in [6.07, 6.45) is 7.14. The average Bonchev–Trinajstić information content (AvgIpc) is 3.36. The number of hydrogen-bond acceptors (Lipinski definition) is 6. The molecule has 4 rings (SSSR count). The lowest BCUT2D eigenvalue weighted by Gasteiger charge is -2.25. The molecule has 32 heavy (non-hydrogen) atoms. The van der Waals surface area contributed by atoms with Crippen LogP contribution in [0.4, 0.5) is 4.39 Å². The number of aliphatic hydroxyl groups excluding tert-OH is 1. The minimum atomic E-state index is -0.848. The third-order valence-electron chi connectivity index (χ3n) is 5.46. The number of ketones is 1. The Bertz CT molecular complexity index is 1190. The van der Waals surface area contributed by atoms with Crippen LogP contribution >= 0.6 is 0 Å². The van der Waals surface area contributed by atoms with E-state index >= 15 is 0 Å². The van der Waals surface area contributed by atoms with Crippen molar-refractivity contribution in [2.45, 2.75) is 32.9 Å². The maximum absolute atomic E-state index is 13.6. The van der Waals surface area contributed by atoms with Crippen LogP contribution in [-0.4, -0.2) is 47.8 Å². The first-order valence-corrected chi connectivity index (χ1v) is 10.2. The normalized spacial score (nSPS) is 17.8. The van der Waals surface area contributed by atoms with Crippen LogP contribution < -0.4 is 0 Å². The molecule has 1 aliphatic rings. The minimum Gasteiger partial charge on any atom is -0.507 e. The Morgan fingerprint density at radius 3 is 2.56 bits per heavy atom. The fraction of sp³-hybridized carbons (Fsp3) is 0.261. The Morgan fingerprint density at radius 1 is 1.16 bits per heavy atom. The zero-order chi connectivity index (χ0) is 22.8. The van der Waals surface area contributed by atoms with Gasteiger partial charge in [-0.15, -0.1) is 0 Å². The van der Waals surface area contributed by atoms with E-state index in [9.17, 15) is 19.1 Å². The molecular formula is C23H22FN5O3. The molecule has 1 saturated heterocycles. The van der Waals surface area contributed by atoms with Crippen molar-refractivity contribution in [3.63, 3.8) is 0 Å². The van der Waals surface area contributed by atoms with Gasteiger partial charge in [-0.3, -0.25) is 9.59 Å². The van der Waals surface area contributed by atoms with Crippen molar-refractivity contribution in [1.29, 1.82) is 0 Å². The van der Waals surface area contributed by atoms with E-state index in [1.165, 1.54) is 35.4 Å². The molecule has 1 aromatic carbocycles. The van der Waals surface area contributed by atoms with Gasteiger partial charge in [0.15, 0.2) is 0 Å². The van der Waals surface area contributed by atoms with Gasteiger partial charge in [0.1, 0.15) is 17.4 Å². The molecule has 0 saturated carbocycles. The number of aliphatic hydroxyl groups is 1. The summed E-state index contributed by atoms with van der Waals surface area (Å²) in [4.78, 5) is 39.7. The predicted molar refractivity (Wildman–Crippen MR) is 114 cm³/mol. The van der Waals surface area contributed by atoms with Gasteiger partial charge in [0.05, 0.1) is 29.2 Å². The second-order valence-electron chi connectivity index (χ2n) is 7.61. The molecule has 0 spiro atoms. The van der Waals surface area contributed by atoms with Crippen molar-refractivity contribution >= 4 is 17.4 Å². The van der Waals surface area contributed by atoms with Gasteiger partial charge in [-0.05, 0) is 38.0 Å². The first-order valence-electron chi connectivity index (χ1n) is 10.2. The van der Waals surface area contributed by atoms with Crippen molar-refractivity contribution in [1.82, 2.24) is 24.4 Å². The average molecular weight is 435 g/mol. The van der Waals surface area contributed by atoms with Crippen LogP contribution in [0, 0.1) is 19.7 Å². The Kier molecular flexibility index (Phi) is 5.81. The van der Waals surface area contributed by atoms with Crippen LogP contribution in [0.15, 0.2) is 54.8 Å². The number of halogens is 1. The van der Waals surface area contributed by atoms with E-state index in [2.05, 4.69) is 15.0 Å². The molecule has 0 bridgehead atoms. The van der Waals surface area contributed by atoms with Gasteiger partial charge in [0, 0.05) is 31.7 Å². The summed E-state index contributed by atoms with van der Waals surface area (Å²) in [5.41, 5.74) is 1.23. The molecule has 3 heterocycles. The highest BCUT2D eigenvalue weighted by Crippen LogP contribution is 2.39. The van der Waals surface area contributed by atoms with E-state index in [-0.39, 0.29) is 23.4 Å². The largest absolute Gasteiger partial charge is 0.507 e. The standard InChI is InChI=1S/C23H22FN5O3/c1-14-18(12-26-15(2)27-14)21(30)19-20(16-4-6-17(24)7-5-16)29(23(32)22(19)31)10-3-9-28-11-8-25-13-28/h4-8,11-13,20,30H,3,9-10H2,1-2H3. The van der Waals surface area contributed by atoms with Crippen LogP contribution in [0.5, 0.6) is 0 Å². The van der Waals surface area contributed by atoms with Gasteiger partial charge in [0.25, 0.3) is 11.7 Å². The second-order valence-corrected chi connectivity index (χ2v) is 7.61. The SMILES string of the molecule is Cc1ncc(C(O)=C2C(=O)C(=O)N(CCCn3ccnc3)C2c2ccc(F)cc2)c(C)n1. The summed E-state index contributed by atoms with van der Waals surface area (Å²) in [5.74, 6) is -1.76. The van der Waals surface area contributed by atoms with Crippen LogP contribution in [0.25, 0.3) is 5.76 Å². The zero-order valence-electron chi connectivity index (χ0n) is 17.7. The second kappa shape index (κ2) is 8.70. The summed E-state index contributed by atoms with van der Waals surface area (Å²) in [7, 11) is 0. The zero-order valence-corrected chi connectivity index (χ0v) is 17.7. The fourth-order valence-corrected chi connectivity index (χ4v) is 3.91. The molecule has 2 aromatic heterocycles. The maximum Gasteiger partial charge on any atom is 0.295 e. The Hall–Kier alpha value is -3.88. The highest BCUT2D eigenvalue weighted by molar-refractivity contribution is 6.46. The van der Waals surface area contributed by atoms with E-state index in [0.29, 0.717) is 30.0 Å². The number of hydrogen-bond donors (Lipinski definition) is 1. The molecule has 1 aliphatic heterocycles. The smallest absolute Gasteiger partial charge is 0.295 e. The predicted octanol–water partition coefficient (Wildman–Crippen LogP) is 2.94. The number of amides is 1. The van der Waals surface area contributed by atoms with Crippen LogP contribution in [0.1, 0.15) is 35.1 Å². The molecule has 1 amide bonds. The van der Waals surface area contributed by atoms with Crippen molar-refractivity contribution < 1.29 is 19.1 Å². The first kappa shape index (κ1) is 21.4. The fourth-order valence-electron chi connectivity index (χ4n) is 3.91. The van der Waals surface area contributed by atoms with Gasteiger partial charge in [0.2, 0.25) is 0 Å². The van der Waals surface area contributed by atoms with Gasteiger partial charge < -0.3 is 14.6 Å². The number of Topliss-reactive ketones (excluding diaryl/α,β-unsaturated/α-hetero) is 1. The van der Waals surface area contributed by atoms with E-state index in [0.717, 1.165) is 0 Å². The van der Waals surface area contributed by atoms with E-state index < -0.39 is 23.5 Å². The van der Waals surface area contributed by atoms with Gasteiger partial charge in [-0.2, -0.15) is 0 Å². The molecule has 3 aromatic rings. The van der Waals surface area contributed by atoms with Crippen molar-refractivity contribution in [2.75, 3.05) is 6.54 Å². The van der Waals surface area contributed by atoms with Crippen LogP contribution in [0.2, 0.25) is 0 Å². The third-order valence-corrected chi connectivity index (χ3v) is 5.46. The molecule has 1 unspecified atom stereocenters. The number of benzene rings is 1. The highest BCUT2D eigenvalue weighted by atomic mass is 19.1. The van der Waals surface area contributed by atoms with Crippen molar-refractivity contribution in [2.24, 2.45) is 0 Å². The number of carbonyl (C=O) groups is 2. The summed E-state index contributed by atoms with van der Waals surface area (Å²) in [6.45, 7) is 4.28. The van der Waals surface area contributed by atoms with Crippen LogP contribution in [-0.2, 0) is 16.1 Å². The minimum absolute atomic E-state index is 0.0557. The first-order chi connectivity index (χ1) is 15.4. The third kappa shape index (κ3) is 4.01. The van der Waals surface area contributed by atoms with E-state index in [1.807, 2.05) is 10.8 Å². The van der Waals surface area contributed by atoms with Gasteiger partial charge in [-0.1, -0.05) is 12.1 Å². The molecule has 0 aliphatic carbocycles. The Morgan fingerprint density at radius 2 is 1.91 bits per heavy atom. The number of carbonyl (C=O) groups excluding carboxylic acids is 2. The number of nitrogens with zero attached hydrogens (tertiary/aromatic N) is 5. The molecule has 0 radical (unpaired) electrons. The van der Waals surface area contributed by atoms with E-state index in [4.69, 9.17) is 0 Å². The lowest BCUT2D eigenvalue weighted by molar-refractivity contribution is -0.139. The summed E-state index contributed by atoms with van der Waals surface area (Å²) < 4.78 is 15.4. The quantitative estimate of drug-likeness (QED) is 0.363. The van der Waals surface area contributed by atoms with Gasteiger partial charge in [-0.25, -0.2) is 19.3 Å². The summed E-state index contributed by atoms with van der Waals surface area (Å²) >= 11 is 0. The van der Waals surface area contributed by atoms with Crippen molar-refractivity contribution in [3.8, 4) is 0 Å². The molecular weight excluding hydrogens is 413 g/mol. The van der Waals surface area contributed by atoms with Crippen molar-refractivity contribution in [3.05, 3.63) is 83.2 Å². The summed E-state index contributed by atoms with van der Waals surface area (Å²) in [6, 6.07) is 4.71. The topological polar surface area (TPSA) is 101 Å². The number of aromatic nitrogens is 4.